The van der Waals surface area contributed by atoms with Gasteiger partial charge >= 0.3 is 6.16 Å². The maximum Gasteiger partial charge on any atom is 0.508 e. The second-order valence-corrected chi connectivity index (χ2v) is 3.91. The normalized spacial score (nSPS) is 11.5. The maximum absolute atomic E-state index is 10.8. The Kier molecular flexibility index (Phi) is 4.07. The Labute approximate surface area is 74.0 Å². The van der Waals surface area contributed by atoms with Crippen LogP contribution in [0.15, 0.2) is 0 Å². The van der Waals surface area contributed by atoms with Gasteiger partial charge in [-0.1, -0.05) is 13.8 Å². The van der Waals surface area contributed by atoms with Crippen LogP contribution in [0.5, 0.6) is 0 Å². The van der Waals surface area contributed by atoms with Gasteiger partial charge in [0.25, 0.3) is 0 Å². The van der Waals surface area contributed by atoms with E-state index < -0.39 is 11.8 Å². The summed E-state index contributed by atoms with van der Waals surface area (Å²) in [4.78, 5) is 10.8. The lowest BCUT2D eigenvalue weighted by Crippen LogP contribution is -2.29. The molecule has 0 aromatic carbocycles. The molecule has 0 bridgehead atoms. The van der Waals surface area contributed by atoms with Crippen molar-refractivity contribution < 1.29 is 14.3 Å². The quantitative estimate of drug-likeness (QED) is 0.617. The third-order valence-corrected chi connectivity index (χ3v) is 1.43. The molecule has 0 aliphatic carbocycles. The molecule has 0 aromatic heterocycles. The van der Waals surface area contributed by atoms with Crippen LogP contribution in [0.1, 0.15) is 34.1 Å². The van der Waals surface area contributed by atoms with Crippen LogP contribution in [-0.2, 0) is 9.47 Å². The van der Waals surface area contributed by atoms with Crippen molar-refractivity contribution in [2.75, 3.05) is 7.11 Å². The number of carbonyl (C=O) groups is 1. The van der Waals surface area contributed by atoms with Gasteiger partial charge in [-0.25, -0.2) is 4.79 Å². The summed E-state index contributed by atoms with van der Waals surface area (Å²) in [5.41, 5.74) is -0.429. The summed E-state index contributed by atoms with van der Waals surface area (Å²) in [7, 11) is 1.31. The first-order valence-electron chi connectivity index (χ1n) is 4.14. The van der Waals surface area contributed by atoms with Crippen LogP contribution < -0.4 is 0 Å². The number of carbonyl (C=O) groups excluding carboxylic acids is 1. The monoisotopic (exact) mass is 174 g/mol. The predicted molar refractivity (Wildman–Crippen MR) is 47.0 cm³/mol. The van der Waals surface area contributed by atoms with Crippen molar-refractivity contribution in [3.63, 3.8) is 0 Å². The Morgan fingerprint density at radius 2 is 1.92 bits per heavy atom. The Balaban J connectivity index is 3.94. The van der Waals surface area contributed by atoms with Crippen molar-refractivity contribution in [1.29, 1.82) is 0 Å². The first-order valence-corrected chi connectivity index (χ1v) is 4.14. The van der Waals surface area contributed by atoms with Gasteiger partial charge in [0.15, 0.2) is 0 Å². The van der Waals surface area contributed by atoms with Crippen LogP contribution in [0.25, 0.3) is 0 Å². The van der Waals surface area contributed by atoms with Gasteiger partial charge in [-0.2, -0.15) is 0 Å². The number of hydrogen-bond donors (Lipinski definition) is 0. The maximum atomic E-state index is 10.8. The van der Waals surface area contributed by atoms with Crippen molar-refractivity contribution in [3.05, 3.63) is 0 Å². The van der Waals surface area contributed by atoms with Gasteiger partial charge in [-0.3, -0.25) is 0 Å². The Morgan fingerprint density at radius 1 is 1.42 bits per heavy atom. The Hall–Kier alpha value is -0.730. The summed E-state index contributed by atoms with van der Waals surface area (Å²) in [5.74, 6) is 0.504. The lowest BCUT2D eigenvalue weighted by atomic mass is 9.96. The lowest BCUT2D eigenvalue weighted by Gasteiger charge is -2.25. The first kappa shape index (κ1) is 11.3. The highest BCUT2D eigenvalue weighted by atomic mass is 16.7. The van der Waals surface area contributed by atoms with Gasteiger partial charge in [0.2, 0.25) is 0 Å². The van der Waals surface area contributed by atoms with E-state index in [2.05, 4.69) is 18.6 Å². The molecule has 0 aliphatic rings. The van der Waals surface area contributed by atoms with Gasteiger partial charge in [-0.05, 0) is 26.2 Å². The summed E-state index contributed by atoms with van der Waals surface area (Å²) in [6.07, 6.45) is 0.225. The van der Waals surface area contributed by atoms with Gasteiger partial charge < -0.3 is 9.47 Å². The topological polar surface area (TPSA) is 35.5 Å². The molecule has 0 aliphatic heterocycles. The van der Waals surface area contributed by atoms with E-state index in [1.54, 1.807) is 0 Å². The molecule has 0 saturated carbocycles. The zero-order valence-corrected chi connectivity index (χ0v) is 8.51. The highest BCUT2D eigenvalue weighted by molar-refractivity contribution is 5.60. The standard InChI is InChI=1S/C9H18O3/c1-7(2)6-9(3,4)12-8(10)11-5/h7H,6H2,1-5H3. The molecule has 0 fully saturated rings. The van der Waals surface area contributed by atoms with Gasteiger partial charge in [0.1, 0.15) is 5.60 Å². The highest BCUT2D eigenvalue weighted by Gasteiger charge is 2.24. The zero-order chi connectivity index (χ0) is 9.78. The second kappa shape index (κ2) is 4.33. The fourth-order valence-electron chi connectivity index (χ4n) is 1.29. The molecule has 0 amide bonds. The minimum absolute atomic E-state index is 0.429. The van der Waals surface area contributed by atoms with E-state index in [9.17, 15) is 4.79 Å². The van der Waals surface area contributed by atoms with Crippen LogP contribution in [0, 0.1) is 5.92 Å². The van der Waals surface area contributed by atoms with Crippen LogP contribution >= 0.6 is 0 Å². The van der Waals surface area contributed by atoms with Crippen molar-refractivity contribution in [2.24, 2.45) is 5.92 Å². The lowest BCUT2D eigenvalue weighted by molar-refractivity contribution is -0.0170. The fourth-order valence-corrected chi connectivity index (χ4v) is 1.29. The zero-order valence-electron chi connectivity index (χ0n) is 8.51. The smallest absolute Gasteiger partial charge is 0.438 e. The minimum atomic E-state index is -0.611. The summed E-state index contributed by atoms with van der Waals surface area (Å²) in [6, 6.07) is 0. The van der Waals surface area contributed by atoms with Crippen LogP contribution in [0.3, 0.4) is 0 Å². The van der Waals surface area contributed by atoms with Crippen LogP contribution in [0.4, 0.5) is 4.79 Å². The molecule has 0 heterocycles. The first-order chi connectivity index (χ1) is 5.37. The van der Waals surface area contributed by atoms with Crippen molar-refractivity contribution in [3.8, 4) is 0 Å². The van der Waals surface area contributed by atoms with E-state index in [0.717, 1.165) is 6.42 Å². The van der Waals surface area contributed by atoms with E-state index in [4.69, 9.17) is 4.74 Å². The summed E-state index contributed by atoms with van der Waals surface area (Å²) >= 11 is 0. The van der Waals surface area contributed by atoms with Gasteiger partial charge in [0, 0.05) is 0 Å². The number of rotatable bonds is 3. The second-order valence-electron chi connectivity index (χ2n) is 3.91. The molecule has 12 heavy (non-hydrogen) atoms. The molecule has 0 spiro atoms. The molecular formula is C9H18O3. The summed E-state index contributed by atoms with van der Waals surface area (Å²) in [5, 5.41) is 0. The summed E-state index contributed by atoms with van der Waals surface area (Å²) < 4.78 is 9.44. The number of ether oxygens (including phenoxy) is 2. The molecular weight excluding hydrogens is 156 g/mol. The molecule has 0 radical (unpaired) electrons. The molecule has 0 rings (SSSR count). The van der Waals surface area contributed by atoms with Crippen LogP contribution in [0.2, 0.25) is 0 Å². The van der Waals surface area contributed by atoms with Gasteiger partial charge in [0.05, 0.1) is 7.11 Å². The molecule has 0 atom stereocenters. The molecule has 3 heteroatoms. The largest absolute Gasteiger partial charge is 0.508 e. The SMILES string of the molecule is COC(=O)OC(C)(C)CC(C)C. The highest BCUT2D eigenvalue weighted by Crippen LogP contribution is 2.20. The van der Waals surface area contributed by atoms with E-state index >= 15 is 0 Å². The molecule has 0 aromatic rings. The van der Waals surface area contributed by atoms with Crippen molar-refractivity contribution in [2.45, 2.75) is 39.7 Å². The van der Waals surface area contributed by atoms with E-state index in [1.165, 1.54) is 7.11 Å². The average Bonchev–Trinajstić information content (AvgIpc) is 1.83. The summed E-state index contributed by atoms with van der Waals surface area (Å²) in [6.45, 7) is 7.93. The molecule has 3 nitrogen and oxygen atoms in total. The van der Waals surface area contributed by atoms with Crippen molar-refractivity contribution in [1.82, 2.24) is 0 Å². The average molecular weight is 174 g/mol. The third kappa shape index (κ3) is 4.99. The fraction of sp³-hybridized carbons (Fsp3) is 0.889. The van der Waals surface area contributed by atoms with Crippen molar-refractivity contribution >= 4 is 6.16 Å². The molecule has 72 valence electrons. The van der Waals surface area contributed by atoms with E-state index in [1.807, 2.05) is 13.8 Å². The third-order valence-electron chi connectivity index (χ3n) is 1.43. The molecule has 0 N–H and O–H groups in total. The molecule has 0 unspecified atom stereocenters. The van der Waals surface area contributed by atoms with Crippen LogP contribution in [-0.4, -0.2) is 18.9 Å². The Bertz CT molecular complexity index is 150. The van der Waals surface area contributed by atoms with Gasteiger partial charge in [-0.15, -0.1) is 0 Å². The number of hydrogen-bond acceptors (Lipinski definition) is 3. The number of methoxy groups -OCH3 is 1. The Morgan fingerprint density at radius 3 is 2.25 bits per heavy atom. The predicted octanol–water partition coefficient (Wildman–Crippen LogP) is 2.59. The van der Waals surface area contributed by atoms with E-state index in [0.29, 0.717) is 5.92 Å². The van der Waals surface area contributed by atoms with E-state index in [-0.39, 0.29) is 0 Å². The molecule has 0 saturated heterocycles. The minimum Gasteiger partial charge on any atom is -0.438 e.